The lowest BCUT2D eigenvalue weighted by molar-refractivity contribution is -0.128. The van der Waals surface area contributed by atoms with Gasteiger partial charge >= 0.3 is 0 Å². The van der Waals surface area contributed by atoms with E-state index < -0.39 is 6.10 Å². The van der Waals surface area contributed by atoms with E-state index in [1.807, 2.05) is 20.8 Å². The van der Waals surface area contributed by atoms with Gasteiger partial charge in [-0.05, 0) is 43.2 Å². The molecule has 2 aromatic rings. The number of ketones is 1. The number of fused-ring (bicyclic) bond motifs is 2. The third-order valence-electron chi connectivity index (χ3n) is 5.33. The van der Waals surface area contributed by atoms with E-state index in [1.165, 1.54) is 4.90 Å². The van der Waals surface area contributed by atoms with Crippen LogP contribution in [0.4, 0.5) is 17.3 Å². The summed E-state index contributed by atoms with van der Waals surface area (Å²) in [4.78, 5) is 45.5. The zero-order chi connectivity index (χ0) is 22.3. The Kier molecular flexibility index (Phi) is 5.26. The molecule has 1 unspecified atom stereocenters. The van der Waals surface area contributed by atoms with Gasteiger partial charge in [-0.15, -0.1) is 0 Å². The molecule has 4 rings (SSSR count). The summed E-state index contributed by atoms with van der Waals surface area (Å²) in [5, 5.41) is 0. The number of ether oxygens (including phenoxy) is 2. The van der Waals surface area contributed by atoms with Crippen LogP contribution in [0.15, 0.2) is 30.3 Å². The van der Waals surface area contributed by atoms with Crippen molar-refractivity contribution in [2.24, 2.45) is 5.92 Å². The lowest BCUT2D eigenvalue weighted by atomic mass is 10.0. The molecule has 0 fully saturated rings. The highest BCUT2D eigenvalue weighted by Gasteiger charge is 2.38. The highest BCUT2D eigenvalue weighted by molar-refractivity contribution is 6.09. The molecule has 0 saturated heterocycles. The van der Waals surface area contributed by atoms with Crippen LogP contribution in [0.3, 0.4) is 0 Å². The van der Waals surface area contributed by atoms with Gasteiger partial charge in [0, 0.05) is 12.1 Å². The van der Waals surface area contributed by atoms with E-state index in [-0.39, 0.29) is 48.3 Å². The van der Waals surface area contributed by atoms with Gasteiger partial charge in [-0.1, -0.05) is 13.8 Å². The maximum absolute atomic E-state index is 13.2. The van der Waals surface area contributed by atoms with Crippen LogP contribution in [0.1, 0.15) is 31.1 Å². The number of aromatic nitrogens is 1. The molecule has 2 aliphatic heterocycles. The number of likely N-dealkylation sites (N-methyl/N-ethyl adjacent to an activating group) is 1. The molecule has 0 radical (unpaired) electrons. The van der Waals surface area contributed by atoms with Crippen LogP contribution in [0, 0.1) is 5.92 Å². The van der Waals surface area contributed by atoms with Crippen LogP contribution >= 0.6 is 0 Å². The molecule has 31 heavy (non-hydrogen) atoms. The lowest BCUT2D eigenvalue weighted by Gasteiger charge is -2.34. The van der Waals surface area contributed by atoms with Crippen molar-refractivity contribution < 1.29 is 23.9 Å². The zero-order valence-corrected chi connectivity index (χ0v) is 17.6. The van der Waals surface area contributed by atoms with Crippen LogP contribution in [0.2, 0.25) is 0 Å². The standard InChI is InChI=1S/C22H24N4O5/c1-4-25-14-9-13(5-6-16(14)30-11-19(25)28)15(27)10-26-21-17(7-8-18(23)24-21)31-20(12(2)3)22(26)29/h5-9,12,20H,4,10-11H2,1-3H3,(H2,23,24). The Morgan fingerprint density at radius 1 is 1.19 bits per heavy atom. The number of hydrogen-bond acceptors (Lipinski definition) is 7. The van der Waals surface area contributed by atoms with Gasteiger partial charge in [-0.25, -0.2) is 4.98 Å². The minimum Gasteiger partial charge on any atom is -0.482 e. The number of Topliss-reactive ketones (excluding diaryl/α,β-unsaturated/α-hetero) is 1. The van der Waals surface area contributed by atoms with Crippen molar-refractivity contribution in [1.82, 2.24) is 4.98 Å². The summed E-state index contributed by atoms with van der Waals surface area (Å²) in [6.07, 6.45) is -0.726. The summed E-state index contributed by atoms with van der Waals surface area (Å²) in [5.41, 5.74) is 6.71. The number of amides is 2. The summed E-state index contributed by atoms with van der Waals surface area (Å²) in [5.74, 6) is 0.477. The molecule has 0 spiro atoms. The first kappa shape index (κ1) is 20.6. The third-order valence-corrected chi connectivity index (χ3v) is 5.33. The molecular formula is C22H24N4O5. The Balaban J connectivity index is 1.67. The van der Waals surface area contributed by atoms with Gasteiger partial charge < -0.3 is 20.1 Å². The summed E-state index contributed by atoms with van der Waals surface area (Å²) < 4.78 is 11.3. The molecule has 0 aliphatic carbocycles. The first-order valence-corrected chi connectivity index (χ1v) is 10.1. The molecule has 1 aromatic heterocycles. The highest BCUT2D eigenvalue weighted by Crippen LogP contribution is 2.36. The van der Waals surface area contributed by atoms with E-state index in [4.69, 9.17) is 15.2 Å². The molecule has 0 saturated carbocycles. The van der Waals surface area contributed by atoms with Gasteiger partial charge in [-0.3, -0.25) is 19.3 Å². The topological polar surface area (TPSA) is 115 Å². The molecule has 2 amide bonds. The molecular weight excluding hydrogens is 400 g/mol. The van der Waals surface area contributed by atoms with Crippen molar-refractivity contribution in [2.75, 3.05) is 35.2 Å². The number of pyridine rings is 1. The fourth-order valence-corrected chi connectivity index (χ4v) is 3.71. The van der Waals surface area contributed by atoms with Crippen LogP contribution in [0.5, 0.6) is 11.5 Å². The van der Waals surface area contributed by atoms with Crippen LogP contribution in [-0.2, 0) is 9.59 Å². The average molecular weight is 424 g/mol. The first-order valence-electron chi connectivity index (χ1n) is 10.1. The zero-order valence-electron chi connectivity index (χ0n) is 17.6. The van der Waals surface area contributed by atoms with Crippen molar-refractivity contribution in [2.45, 2.75) is 26.9 Å². The number of hydrogen-bond donors (Lipinski definition) is 1. The Bertz CT molecular complexity index is 1070. The predicted octanol–water partition coefficient (Wildman–Crippen LogP) is 2.04. The van der Waals surface area contributed by atoms with E-state index >= 15 is 0 Å². The molecule has 1 atom stereocenters. The number of nitrogens with zero attached hydrogens (tertiary/aromatic N) is 3. The maximum Gasteiger partial charge on any atom is 0.270 e. The predicted molar refractivity (Wildman–Crippen MR) is 115 cm³/mol. The number of benzene rings is 1. The molecule has 2 N–H and O–H groups in total. The molecule has 2 aliphatic rings. The van der Waals surface area contributed by atoms with Crippen LogP contribution in [0.25, 0.3) is 0 Å². The van der Waals surface area contributed by atoms with E-state index in [1.54, 1.807) is 35.2 Å². The van der Waals surface area contributed by atoms with E-state index in [2.05, 4.69) is 4.98 Å². The van der Waals surface area contributed by atoms with E-state index in [0.717, 1.165) is 0 Å². The maximum atomic E-state index is 13.2. The van der Waals surface area contributed by atoms with Crippen molar-refractivity contribution >= 4 is 34.9 Å². The molecule has 3 heterocycles. The minimum atomic E-state index is -0.726. The second kappa shape index (κ2) is 7.90. The molecule has 1 aromatic carbocycles. The number of anilines is 3. The number of nitrogen functional groups attached to an aromatic ring is 1. The van der Waals surface area contributed by atoms with Gasteiger partial charge in [0.1, 0.15) is 11.6 Å². The Morgan fingerprint density at radius 2 is 1.94 bits per heavy atom. The highest BCUT2D eigenvalue weighted by atomic mass is 16.5. The van der Waals surface area contributed by atoms with Gasteiger partial charge in [-0.2, -0.15) is 0 Å². The van der Waals surface area contributed by atoms with Gasteiger partial charge in [0.15, 0.2) is 30.1 Å². The fraction of sp³-hybridized carbons (Fsp3) is 0.364. The summed E-state index contributed by atoms with van der Waals surface area (Å²) in [6.45, 7) is 5.80. The summed E-state index contributed by atoms with van der Waals surface area (Å²) >= 11 is 0. The number of carbonyl (C=O) groups is 3. The van der Waals surface area contributed by atoms with Gasteiger partial charge in [0.2, 0.25) is 0 Å². The van der Waals surface area contributed by atoms with Crippen molar-refractivity contribution in [3.05, 3.63) is 35.9 Å². The molecule has 0 bridgehead atoms. The second-order valence-electron chi connectivity index (χ2n) is 7.80. The number of nitrogens with two attached hydrogens (primary N) is 1. The fourth-order valence-electron chi connectivity index (χ4n) is 3.71. The minimum absolute atomic E-state index is 0.0309. The van der Waals surface area contributed by atoms with E-state index in [9.17, 15) is 14.4 Å². The van der Waals surface area contributed by atoms with Crippen molar-refractivity contribution in [3.8, 4) is 11.5 Å². The second-order valence-corrected chi connectivity index (χ2v) is 7.80. The van der Waals surface area contributed by atoms with Gasteiger partial charge in [0.05, 0.1) is 12.2 Å². The normalized spacial score (nSPS) is 17.7. The Hall–Kier alpha value is -3.62. The molecule has 162 valence electrons. The summed E-state index contributed by atoms with van der Waals surface area (Å²) in [6, 6.07) is 8.16. The Labute approximate surface area is 179 Å². The van der Waals surface area contributed by atoms with Crippen LogP contribution in [-0.4, -0.2) is 48.4 Å². The monoisotopic (exact) mass is 424 g/mol. The number of rotatable bonds is 5. The summed E-state index contributed by atoms with van der Waals surface area (Å²) in [7, 11) is 0. The van der Waals surface area contributed by atoms with Gasteiger partial charge in [0.25, 0.3) is 11.8 Å². The third kappa shape index (κ3) is 3.67. The quantitative estimate of drug-likeness (QED) is 0.731. The lowest BCUT2D eigenvalue weighted by Crippen LogP contribution is -2.50. The van der Waals surface area contributed by atoms with Crippen molar-refractivity contribution in [1.29, 1.82) is 0 Å². The largest absolute Gasteiger partial charge is 0.482 e. The van der Waals surface area contributed by atoms with E-state index in [0.29, 0.717) is 29.3 Å². The van der Waals surface area contributed by atoms with Crippen molar-refractivity contribution in [3.63, 3.8) is 0 Å². The average Bonchev–Trinajstić information content (AvgIpc) is 2.74. The number of carbonyl (C=O) groups excluding carboxylic acids is 3. The first-order chi connectivity index (χ1) is 14.8. The molecule has 9 heteroatoms. The SMILES string of the molecule is CCN1C(=O)COc2ccc(C(=O)CN3C(=O)C(C(C)C)Oc4ccc(N)nc43)cc21. The Morgan fingerprint density at radius 3 is 2.65 bits per heavy atom. The van der Waals surface area contributed by atoms with Crippen LogP contribution < -0.4 is 25.0 Å². The molecule has 9 nitrogen and oxygen atoms in total. The smallest absolute Gasteiger partial charge is 0.270 e.